The van der Waals surface area contributed by atoms with E-state index in [2.05, 4.69) is 0 Å². The molecule has 8 nitrogen and oxygen atoms in total. The van der Waals surface area contributed by atoms with E-state index >= 15 is 0 Å². The van der Waals surface area contributed by atoms with Gasteiger partial charge in [-0.2, -0.15) is 0 Å². The summed E-state index contributed by atoms with van der Waals surface area (Å²) in [5.41, 5.74) is 0.254. The maximum absolute atomic E-state index is 10.6. The molecule has 0 unspecified atom stereocenters. The number of carbonyl (C=O) groups is 4. The third-order valence-corrected chi connectivity index (χ3v) is 4.62. The first-order chi connectivity index (χ1) is 15.2. The molecule has 0 spiro atoms. The van der Waals surface area contributed by atoms with Crippen LogP contribution in [0.3, 0.4) is 0 Å². The van der Waals surface area contributed by atoms with Gasteiger partial charge in [-0.15, -0.1) is 0 Å². The number of carboxylic acids is 4. The maximum atomic E-state index is 10.6. The van der Waals surface area contributed by atoms with Crippen molar-refractivity contribution >= 4 is 45.4 Å². The Bertz CT molecular complexity index is 1180. The number of benzene rings is 4. The van der Waals surface area contributed by atoms with Crippen molar-refractivity contribution in [2.24, 2.45) is 0 Å². The van der Waals surface area contributed by atoms with Gasteiger partial charge in [0.15, 0.2) is 0 Å². The van der Waals surface area contributed by atoms with E-state index in [1.807, 2.05) is 0 Å². The first-order valence-electron chi connectivity index (χ1n) is 9.09. The summed E-state index contributed by atoms with van der Waals surface area (Å²) in [6.07, 6.45) is 0. The van der Waals surface area contributed by atoms with E-state index in [0.29, 0.717) is 21.5 Å². The van der Waals surface area contributed by atoms with E-state index in [0.717, 1.165) is 0 Å². The van der Waals surface area contributed by atoms with Crippen molar-refractivity contribution in [2.75, 3.05) is 0 Å². The average molecular weight is 520 g/mol. The van der Waals surface area contributed by atoms with Crippen molar-refractivity contribution in [2.45, 2.75) is 0 Å². The molecule has 4 aromatic carbocycles. The quantitative estimate of drug-likeness (QED) is 0.336. The molecule has 0 fully saturated rings. The number of aromatic carboxylic acids is 4. The Balaban J connectivity index is 0.000000227. The van der Waals surface area contributed by atoms with Gasteiger partial charge in [0.2, 0.25) is 0 Å². The Kier molecular flexibility index (Phi) is 8.21. The van der Waals surface area contributed by atoms with E-state index < -0.39 is 23.9 Å². The number of rotatable bonds is 4. The second-order valence-electron chi connectivity index (χ2n) is 6.70. The van der Waals surface area contributed by atoms with Gasteiger partial charge in [0.25, 0.3) is 0 Å². The molecule has 4 aromatic rings. The van der Waals surface area contributed by atoms with E-state index in [1.165, 1.54) is 72.8 Å². The molecular formula is C24H12O8Zr. The first-order valence-corrected chi connectivity index (χ1v) is 9.09. The molecule has 0 radical (unpaired) electrons. The molecule has 0 aliphatic rings. The molecule has 0 saturated heterocycles. The molecule has 0 aliphatic heterocycles. The van der Waals surface area contributed by atoms with Crippen LogP contribution in [0.5, 0.6) is 0 Å². The van der Waals surface area contributed by atoms with Gasteiger partial charge in [-0.05, 0) is 68.1 Å². The molecule has 0 N–H and O–H groups in total. The van der Waals surface area contributed by atoms with Crippen LogP contribution in [0.15, 0.2) is 72.8 Å². The molecular weight excluding hydrogens is 507 g/mol. The maximum Gasteiger partial charge on any atom is 4.00 e. The van der Waals surface area contributed by atoms with Gasteiger partial charge in [0.1, 0.15) is 0 Å². The summed E-state index contributed by atoms with van der Waals surface area (Å²) in [7, 11) is 0. The number of carbonyl (C=O) groups excluding carboxylic acids is 4. The monoisotopic (exact) mass is 518 g/mol. The Morgan fingerprint density at radius 3 is 0.727 bits per heavy atom. The second-order valence-corrected chi connectivity index (χ2v) is 6.70. The van der Waals surface area contributed by atoms with Crippen molar-refractivity contribution in [1.82, 2.24) is 0 Å². The van der Waals surface area contributed by atoms with Gasteiger partial charge >= 0.3 is 26.2 Å². The fraction of sp³-hybridized carbons (Fsp3) is 0. The summed E-state index contributed by atoms with van der Waals surface area (Å²) in [4.78, 5) is 42.4. The Morgan fingerprint density at radius 2 is 0.576 bits per heavy atom. The zero-order valence-corrected chi connectivity index (χ0v) is 19.2. The fourth-order valence-electron chi connectivity index (χ4n) is 3.00. The second kappa shape index (κ2) is 10.7. The van der Waals surface area contributed by atoms with Crippen molar-refractivity contribution in [3.63, 3.8) is 0 Å². The molecule has 160 valence electrons. The van der Waals surface area contributed by atoms with Crippen LogP contribution in [0.4, 0.5) is 0 Å². The van der Waals surface area contributed by atoms with Crippen LogP contribution in [0.2, 0.25) is 0 Å². The van der Waals surface area contributed by atoms with Crippen LogP contribution >= 0.6 is 0 Å². The Morgan fingerprint density at radius 1 is 0.394 bits per heavy atom. The van der Waals surface area contributed by atoms with Crippen molar-refractivity contribution in [3.8, 4) is 0 Å². The molecule has 9 heteroatoms. The minimum absolute atomic E-state index is 0. The predicted molar refractivity (Wildman–Crippen MR) is 105 cm³/mol. The zero-order valence-electron chi connectivity index (χ0n) is 16.7. The van der Waals surface area contributed by atoms with Crippen molar-refractivity contribution in [1.29, 1.82) is 0 Å². The van der Waals surface area contributed by atoms with E-state index in [-0.39, 0.29) is 48.5 Å². The smallest absolute Gasteiger partial charge is 0.545 e. The van der Waals surface area contributed by atoms with Crippen LogP contribution in [0.25, 0.3) is 21.5 Å². The van der Waals surface area contributed by atoms with Crippen LogP contribution in [0.1, 0.15) is 41.4 Å². The van der Waals surface area contributed by atoms with Crippen LogP contribution in [0, 0.1) is 0 Å². The summed E-state index contributed by atoms with van der Waals surface area (Å²) in [6.45, 7) is 0. The normalized spacial score (nSPS) is 9.94. The van der Waals surface area contributed by atoms with Gasteiger partial charge in [-0.25, -0.2) is 0 Å². The predicted octanol–water partition coefficient (Wildman–Crippen LogP) is -0.869. The number of hydrogen-bond donors (Lipinski definition) is 0. The van der Waals surface area contributed by atoms with E-state index in [1.54, 1.807) is 0 Å². The molecule has 0 heterocycles. The van der Waals surface area contributed by atoms with Crippen molar-refractivity contribution < 1.29 is 65.8 Å². The number of carboxylic acid groups (broad SMARTS) is 4. The summed E-state index contributed by atoms with van der Waals surface area (Å²) < 4.78 is 0. The third-order valence-electron chi connectivity index (χ3n) is 4.62. The summed E-state index contributed by atoms with van der Waals surface area (Å²) >= 11 is 0. The van der Waals surface area contributed by atoms with Crippen molar-refractivity contribution in [3.05, 3.63) is 95.1 Å². The molecule has 0 amide bonds. The topological polar surface area (TPSA) is 161 Å². The molecule has 0 atom stereocenters. The Labute approximate surface area is 205 Å². The van der Waals surface area contributed by atoms with Gasteiger partial charge in [0, 0.05) is 0 Å². The van der Waals surface area contributed by atoms with E-state index in [4.69, 9.17) is 0 Å². The van der Waals surface area contributed by atoms with Gasteiger partial charge in [0.05, 0.1) is 23.9 Å². The standard InChI is InChI=1S/2C12H8O4.Zr/c2*13-11(14)9-3-1-7-5-10(12(15)16)4-2-8(7)6-9;/h2*1-6H,(H,13,14)(H,15,16);/q;;+4/p-4. The van der Waals surface area contributed by atoms with Crippen LogP contribution in [-0.4, -0.2) is 23.9 Å². The third kappa shape index (κ3) is 6.11. The van der Waals surface area contributed by atoms with Gasteiger partial charge in [-0.1, -0.05) is 48.5 Å². The molecule has 0 aliphatic carbocycles. The van der Waals surface area contributed by atoms with Gasteiger partial charge in [-0.3, -0.25) is 0 Å². The number of hydrogen-bond acceptors (Lipinski definition) is 8. The van der Waals surface area contributed by atoms with E-state index in [9.17, 15) is 39.6 Å². The SMILES string of the molecule is O=C([O-])c1ccc2cc(C(=O)[O-])ccc2c1.O=C([O-])c1ccc2cc(C(=O)[O-])ccc2c1.[Zr+4]. The average Bonchev–Trinajstić information content (AvgIpc) is 2.77. The summed E-state index contributed by atoms with van der Waals surface area (Å²) in [5, 5.41) is 45.0. The molecule has 0 bridgehead atoms. The summed E-state index contributed by atoms with van der Waals surface area (Å²) in [6, 6.07) is 17.4. The minimum atomic E-state index is -1.26. The van der Waals surface area contributed by atoms with Crippen LogP contribution in [-0.2, 0) is 26.2 Å². The number of fused-ring (bicyclic) bond motifs is 2. The molecule has 33 heavy (non-hydrogen) atoms. The zero-order chi connectivity index (χ0) is 23.4. The molecule has 0 aromatic heterocycles. The molecule has 4 rings (SSSR count). The van der Waals surface area contributed by atoms with Crippen LogP contribution < -0.4 is 20.4 Å². The first kappa shape index (κ1) is 25.4. The largest absolute Gasteiger partial charge is 4.00 e. The summed E-state index contributed by atoms with van der Waals surface area (Å²) in [5.74, 6) is -5.03. The van der Waals surface area contributed by atoms with Gasteiger partial charge < -0.3 is 39.6 Å². The minimum Gasteiger partial charge on any atom is -0.545 e. The molecule has 0 saturated carbocycles. The fourth-order valence-corrected chi connectivity index (χ4v) is 3.00. The Hall–Kier alpha value is -3.84.